The van der Waals surface area contributed by atoms with Crippen LogP contribution in [-0.2, 0) is 38.2 Å². The van der Waals surface area contributed by atoms with E-state index in [0.29, 0.717) is 38.5 Å². The fourth-order valence-corrected chi connectivity index (χ4v) is 6.03. The Bertz CT molecular complexity index is 972. The minimum absolute atomic E-state index is 0.00712. The van der Waals surface area contributed by atoms with Crippen molar-refractivity contribution in [3.8, 4) is 0 Å². The summed E-state index contributed by atoms with van der Waals surface area (Å²) in [5.74, 6) is -2.12. The molecule has 3 unspecified atom stereocenters. The summed E-state index contributed by atoms with van der Waals surface area (Å²) in [6, 6.07) is -1.40. The van der Waals surface area contributed by atoms with Crippen LogP contribution in [0.4, 0.5) is 0 Å². The first kappa shape index (κ1) is 47.2. The van der Waals surface area contributed by atoms with Gasteiger partial charge in [-0.15, -0.1) is 11.8 Å². The van der Waals surface area contributed by atoms with Gasteiger partial charge < -0.3 is 41.0 Å². The number of rotatable bonds is 35. The van der Waals surface area contributed by atoms with E-state index >= 15 is 0 Å². The smallest absolute Gasteiger partial charge is 0.326 e. The molecule has 14 nitrogen and oxygen atoms in total. The summed E-state index contributed by atoms with van der Waals surface area (Å²) < 4.78 is 10.9. The maximum atomic E-state index is 12.3. The number of likely N-dealkylation sites (N-methyl/N-ethyl adjacent to an activating group) is 1. The van der Waals surface area contributed by atoms with Gasteiger partial charge in [0.2, 0.25) is 17.7 Å². The van der Waals surface area contributed by atoms with Crippen molar-refractivity contribution in [2.24, 2.45) is 0 Å². The Morgan fingerprint density at radius 1 is 0.640 bits per heavy atom. The van der Waals surface area contributed by atoms with Gasteiger partial charge in [0.05, 0.1) is 37.7 Å². The van der Waals surface area contributed by atoms with E-state index < -0.39 is 18.0 Å². The number of nitrogens with one attached hydrogen (secondary N) is 4. The number of carboxylic acid groups (broad SMARTS) is 2. The molecule has 0 aromatic rings. The number of ether oxygens (including phenoxy) is 2. The van der Waals surface area contributed by atoms with Crippen LogP contribution in [0, 0.1) is 0 Å². The average molecular weight is 733 g/mol. The number of unbranched alkanes of at least 4 members (excludes halogenated alkanes) is 11. The quantitative estimate of drug-likeness (QED) is 0.0518. The molecule has 0 aromatic heterocycles. The van der Waals surface area contributed by atoms with Gasteiger partial charge >= 0.3 is 11.9 Å². The Labute approximate surface area is 302 Å². The summed E-state index contributed by atoms with van der Waals surface area (Å²) in [6.45, 7) is 5.10. The number of aliphatic carboxylic acids is 2. The molecular weight excluding hydrogens is 668 g/mol. The normalized spacial score (nSPS) is 12.9. The lowest BCUT2D eigenvalue weighted by atomic mass is 10.0. The first-order chi connectivity index (χ1) is 24.0. The predicted molar refractivity (Wildman–Crippen MR) is 194 cm³/mol. The van der Waals surface area contributed by atoms with Crippen molar-refractivity contribution in [2.75, 3.05) is 52.3 Å². The van der Waals surface area contributed by atoms with Gasteiger partial charge in [0, 0.05) is 38.1 Å². The average Bonchev–Trinajstić information content (AvgIpc) is 3.07. The van der Waals surface area contributed by atoms with Gasteiger partial charge in [0.25, 0.3) is 0 Å². The zero-order valence-corrected chi connectivity index (χ0v) is 31.4. The van der Waals surface area contributed by atoms with Crippen LogP contribution in [0.1, 0.15) is 117 Å². The molecule has 0 fully saturated rings. The van der Waals surface area contributed by atoms with Gasteiger partial charge in [0.15, 0.2) is 0 Å². The van der Waals surface area contributed by atoms with E-state index in [0.717, 1.165) is 51.4 Å². The number of hydrogen-bond acceptors (Lipinski definition) is 10. The molecule has 15 heteroatoms. The monoisotopic (exact) mass is 732 g/mol. The number of thioether (sulfide) groups is 1. The van der Waals surface area contributed by atoms with E-state index in [1.54, 1.807) is 14.0 Å². The SMILES string of the molecule is CNC(CSC(C)C(=O)NCCOCCOCCNC(=O)CCC(NC(=O)CCCCCCCCCCCCCCC(=O)O)C(=O)O)C(C)=O. The molecular formula is C35H64N4O10S. The van der Waals surface area contributed by atoms with Crippen molar-refractivity contribution in [3.05, 3.63) is 0 Å². The van der Waals surface area contributed by atoms with Crippen LogP contribution in [0.15, 0.2) is 0 Å². The number of carbonyl (C=O) groups excluding carboxylic acids is 4. The largest absolute Gasteiger partial charge is 0.481 e. The van der Waals surface area contributed by atoms with E-state index in [-0.39, 0.29) is 73.6 Å². The van der Waals surface area contributed by atoms with E-state index in [4.69, 9.17) is 14.6 Å². The lowest BCUT2D eigenvalue weighted by molar-refractivity contribution is -0.142. The summed E-state index contributed by atoms with van der Waals surface area (Å²) in [6.07, 6.45) is 12.9. The van der Waals surface area contributed by atoms with Crippen molar-refractivity contribution >= 4 is 47.2 Å². The van der Waals surface area contributed by atoms with E-state index in [2.05, 4.69) is 21.3 Å². The molecule has 0 bridgehead atoms. The molecule has 0 saturated carbocycles. The highest BCUT2D eigenvalue weighted by Crippen LogP contribution is 2.14. The summed E-state index contributed by atoms with van der Waals surface area (Å²) >= 11 is 1.41. The summed E-state index contributed by atoms with van der Waals surface area (Å²) in [4.78, 5) is 70.1. The van der Waals surface area contributed by atoms with Crippen molar-refractivity contribution < 1.29 is 48.5 Å². The Balaban J connectivity index is 3.77. The fraction of sp³-hybridized carbons (Fsp3) is 0.829. The number of ketones is 1. The second-order valence-corrected chi connectivity index (χ2v) is 13.8. The number of carbonyl (C=O) groups is 6. The molecule has 0 aromatic carbocycles. The maximum Gasteiger partial charge on any atom is 0.326 e. The van der Waals surface area contributed by atoms with Crippen LogP contribution in [0.2, 0.25) is 0 Å². The summed E-state index contributed by atoms with van der Waals surface area (Å²) in [5, 5.41) is 28.7. The van der Waals surface area contributed by atoms with E-state index in [1.165, 1.54) is 37.9 Å². The van der Waals surface area contributed by atoms with Crippen molar-refractivity contribution in [1.82, 2.24) is 21.3 Å². The Morgan fingerprint density at radius 3 is 1.62 bits per heavy atom. The molecule has 0 heterocycles. The zero-order chi connectivity index (χ0) is 37.4. The van der Waals surface area contributed by atoms with Gasteiger partial charge in [-0.05, 0) is 40.2 Å². The lowest BCUT2D eigenvalue weighted by Crippen LogP contribution is -2.41. The molecule has 0 saturated heterocycles. The molecule has 290 valence electrons. The predicted octanol–water partition coefficient (Wildman–Crippen LogP) is 3.45. The van der Waals surface area contributed by atoms with E-state index in [9.17, 15) is 33.9 Å². The first-order valence-electron chi connectivity index (χ1n) is 18.2. The van der Waals surface area contributed by atoms with Crippen LogP contribution in [-0.4, -0.2) is 115 Å². The lowest BCUT2D eigenvalue weighted by Gasteiger charge is -2.16. The van der Waals surface area contributed by atoms with Gasteiger partial charge in [-0.1, -0.05) is 64.2 Å². The first-order valence-corrected chi connectivity index (χ1v) is 19.3. The minimum Gasteiger partial charge on any atom is -0.481 e. The molecule has 0 aliphatic heterocycles. The van der Waals surface area contributed by atoms with Crippen molar-refractivity contribution in [2.45, 2.75) is 134 Å². The number of Topliss-reactive ketones (excluding diaryl/α,β-unsaturated/α-hetero) is 1. The number of amides is 3. The Hall–Kier alpha value is -2.75. The molecule has 50 heavy (non-hydrogen) atoms. The molecule has 0 aliphatic rings. The standard InChI is InChI=1S/C35H64N4O10S/c1-27(40)30(36-3)26-50-28(2)34(45)38-21-23-49-25-24-48-22-20-37-31(41)19-18-29(35(46)47)39-32(42)16-14-12-10-8-6-4-5-7-9-11-13-15-17-33(43)44/h28-30,36H,4-26H2,1-3H3,(H,37,41)(H,38,45)(H,39,42)(H,43,44)(H,46,47). The highest BCUT2D eigenvalue weighted by Gasteiger charge is 2.21. The molecule has 3 atom stereocenters. The second-order valence-electron chi connectivity index (χ2n) is 12.4. The summed E-state index contributed by atoms with van der Waals surface area (Å²) in [5.41, 5.74) is 0. The topological polar surface area (TPSA) is 209 Å². The third kappa shape index (κ3) is 29.0. The van der Waals surface area contributed by atoms with Crippen LogP contribution in [0.3, 0.4) is 0 Å². The van der Waals surface area contributed by atoms with Crippen LogP contribution in [0.5, 0.6) is 0 Å². The Morgan fingerprint density at radius 2 is 1.14 bits per heavy atom. The zero-order valence-electron chi connectivity index (χ0n) is 30.6. The van der Waals surface area contributed by atoms with Crippen LogP contribution in [0.25, 0.3) is 0 Å². The van der Waals surface area contributed by atoms with Crippen LogP contribution < -0.4 is 21.3 Å². The van der Waals surface area contributed by atoms with E-state index in [1.807, 2.05) is 0 Å². The third-order valence-corrected chi connectivity index (χ3v) is 9.29. The highest BCUT2D eigenvalue weighted by molar-refractivity contribution is 8.00. The molecule has 0 radical (unpaired) electrons. The van der Waals surface area contributed by atoms with Gasteiger partial charge in [-0.25, -0.2) is 4.79 Å². The van der Waals surface area contributed by atoms with Crippen molar-refractivity contribution in [1.29, 1.82) is 0 Å². The third-order valence-electron chi connectivity index (χ3n) is 8.05. The van der Waals surface area contributed by atoms with Gasteiger partial charge in [-0.3, -0.25) is 24.0 Å². The fourth-order valence-electron chi connectivity index (χ4n) is 4.91. The second kappa shape index (κ2) is 32.2. The maximum absolute atomic E-state index is 12.3. The van der Waals surface area contributed by atoms with Crippen molar-refractivity contribution in [3.63, 3.8) is 0 Å². The molecule has 3 amide bonds. The van der Waals surface area contributed by atoms with Gasteiger partial charge in [0.1, 0.15) is 11.8 Å². The molecule has 0 rings (SSSR count). The number of hydrogen-bond donors (Lipinski definition) is 6. The molecule has 6 N–H and O–H groups in total. The summed E-state index contributed by atoms with van der Waals surface area (Å²) in [7, 11) is 1.72. The Kier molecular flexibility index (Phi) is 30.4. The highest BCUT2D eigenvalue weighted by atomic mass is 32.2. The molecule has 0 aliphatic carbocycles. The van der Waals surface area contributed by atoms with Gasteiger partial charge in [-0.2, -0.15) is 0 Å². The molecule has 0 spiro atoms. The minimum atomic E-state index is -1.17. The van der Waals surface area contributed by atoms with Crippen LogP contribution >= 0.6 is 11.8 Å². The number of carboxylic acids is 2.